The van der Waals surface area contributed by atoms with Crippen LogP contribution in [0.4, 0.5) is 5.69 Å². The molecule has 4 rings (SSSR count). The van der Waals surface area contributed by atoms with Crippen LogP contribution in [0.25, 0.3) is 10.9 Å². The van der Waals surface area contributed by atoms with Crippen LogP contribution in [-0.4, -0.2) is 39.6 Å². The van der Waals surface area contributed by atoms with Crippen molar-refractivity contribution in [1.82, 2.24) is 14.9 Å². The van der Waals surface area contributed by atoms with Gasteiger partial charge in [0, 0.05) is 37.6 Å². The maximum atomic E-state index is 13.6. The van der Waals surface area contributed by atoms with Gasteiger partial charge in [-0.2, -0.15) is 0 Å². The summed E-state index contributed by atoms with van der Waals surface area (Å²) in [5.74, 6) is -3.88. The van der Waals surface area contributed by atoms with Crippen molar-refractivity contribution in [2.45, 2.75) is 33.2 Å². The van der Waals surface area contributed by atoms with Crippen LogP contribution in [0.15, 0.2) is 65.2 Å². The Labute approximate surface area is 226 Å². The van der Waals surface area contributed by atoms with Crippen LogP contribution in [0.1, 0.15) is 47.6 Å². The number of aromatic nitrogens is 2. The van der Waals surface area contributed by atoms with Crippen molar-refractivity contribution in [3.05, 3.63) is 83.7 Å². The summed E-state index contributed by atoms with van der Waals surface area (Å²) in [5, 5.41) is 14.7. The Bertz CT molecular complexity index is 1490. The van der Waals surface area contributed by atoms with Gasteiger partial charge < -0.3 is 24.2 Å². The molecule has 0 fully saturated rings. The van der Waals surface area contributed by atoms with E-state index < -0.39 is 29.8 Å². The summed E-state index contributed by atoms with van der Waals surface area (Å²) in [6, 6.07) is 16.0. The molecule has 0 saturated carbocycles. The molecule has 4 aromatic rings. The number of hydrogen-bond acceptors (Lipinski definition) is 7. The molecule has 39 heavy (non-hydrogen) atoms. The van der Waals surface area contributed by atoms with Gasteiger partial charge in [0.15, 0.2) is 5.69 Å². The first-order chi connectivity index (χ1) is 18.6. The maximum absolute atomic E-state index is 13.6. The number of rotatable bonds is 10. The highest BCUT2D eigenvalue weighted by atomic mass is 16.7. The molecule has 0 spiro atoms. The van der Waals surface area contributed by atoms with Gasteiger partial charge in [-0.25, -0.2) is 19.6 Å². The number of para-hydroxylation sites is 2. The molecule has 0 bridgehead atoms. The molecule has 2 atom stereocenters. The standard InChI is InChI=1S/C29H32N4O6/c1-17(2)24(29(37)39-33(5)20-11-7-6-8-12-20)26(34)30-22(27-31-25(28(35)36)18(3)38-27)15-19-16-32(4)23-14-10-9-13-21(19)23/h6-14,16-17,22,24H,15H2,1-5H3,(H,30,34)(H,35,36)/t22-,24+/m1/s1. The lowest BCUT2D eigenvalue weighted by Crippen LogP contribution is -2.43. The molecule has 0 aliphatic heterocycles. The first-order valence-corrected chi connectivity index (χ1v) is 12.6. The van der Waals surface area contributed by atoms with Crippen molar-refractivity contribution in [2.24, 2.45) is 18.9 Å². The molecule has 2 aromatic carbocycles. The van der Waals surface area contributed by atoms with Gasteiger partial charge >= 0.3 is 11.9 Å². The number of hydroxylamine groups is 1. The van der Waals surface area contributed by atoms with Crippen molar-refractivity contribution in [3.8, 4) is 0 Å². The highest BCUT2D eigenvalue weighted by Crippen LogP contribution is 2.28. The van der Waals surface area contributed by atoms with E-state index in [1.54, 1.807) is 33.0 Å². The second kappa shape index (κ2) is 11.4. The van der Waals surface area contributed by atoms with Gasteiger partial charge in [-0.05, 0) is 36.6 Å². The number of nitrogens with zero attached hydrogens (tertiary/aromatic N) is 3. The molecule has 0 radical (unpaired) electrons. The number of carbonyl (C=O) groups is 3. The van der Waals surface area contributed by atoms with E-state index in [-0.39, 0.29) is 29.7 Å². The number of amides is 1. The SMILES string of the molecule is Cc1oc([C@@H](Cc2cn(C)c3ccccc23)NC(=O)[C@@H](C(=O)ON(C)c2ccccc2)C(C)C)nc1C(=O)O. The number of aryl methyl sites for hydroxylation is 2. The monoisotopic (exact) mass is 532 g/mol. The smallest absolute Gasteiger partial charge is 0.358 e. The van der Waals surface area contributed by atoms with Crippen LogP contribution in [0.3, 0.4) is 0 Å². The summed E-state index contributed by atoms with van der Waals surface area (Å²) in [4.78, 5) is 48.1. The van der Waals surface area contributed by atoms with E-state index in [2.05, 4.69) is 10.3 Å². The summed E-state index contributed by atoms with van der Waals surface area (Å²) in [6.45, 7) is 5.02. The molecular weight excluding hydrogens is 500 g/mol. The first-order valence-electron chi connectivity index (χ1n) is 12.6. The fraction of sp³-hybridized carbons (Fsp3) is 0.310. The van der Waals surface area contributed by atoms with E-state index in [1.807, 2.05) is 60.3 Å². The number of nitrogens with one attached hydrogen (secondary N) is 1. The number of carboxylic acid groups (broad SMARTS) is 1. The topological polar surface area (TPSA) is 127 Å². The Hall–Kier alpha value is -4.60. The Morgan fingerprint density at radius 2 is 1.77 bits per heavy atom. The highest BCUT2D eigenvalue weighted by molar-refractivity contribution is 5.98. The van der Waals surface area contributed by atoms with E-state index in [9.17, 15) is 19.5 Å². The number of aromatic carboxylic acids is 1. The van der Waals surface area contributed by atoms with Gasteiger partial charge in [-0.15, -0.1) is 0 Å². The molecular formula is C29H32N4O6. The lowest BCUT2D eigenvalue weighted by Gasteiger charge is -2.25. The van der Waals surface area contributed by atoms with E-state index in [0.29, 0.717) is 5.69 Å². The number of anilines is 1. The van der Waals surface area contributed by atoms with Crippen LogP contribution < -0.4 is 10.4 Å². The maximum Gasteiger partial charge on any atom is 0.358 e. The minimum Gasteiger partial charge on any atom is -0.476 e. The van der Waals surface area contributed by atoms with E-state index >= 15 is 0 Å². The predicted octanol–water partition coefficient (Wildman–Crippen LogP) is 4.44. The summed E-state index contributed by atoms with van der Waals surface area (Å²) in [5.41, 5.74) is 2.32. The van der Waals surface area contributed by atoms with Crippen LogP contribution in [-0.2, 0) is 27.9 Å². The lowest BCUT2D eigenvalue weighted by atomic mass is 9.94. The van der Waals surface area contributed by atoms with E-state index in [0.717, 1.165) is 16.5 Å². The Morgan fingerprint density at radius 3 is 2.41 bits per heavy atom. The van der Waals surface area contributed by atoms with Gasteiger partial charge in [0.2, 0.25) is 11.8 Å². The van der Waals surface area contributed by atoms with Crippen LogP contribution >= 0.6 is 0 Å². The van der Waals surface area contributed by atoms with Crippen molar-refractivity contribution in [2.75, 3.05) is 12.1 Å². The molecule has 10 nitrogen and oxygen atoms in total. The molecule has 2 heterocycles. The fourth-order valence-electron chi connectivity index (χ4n) is 4.60. The molecule has 1 amide bonds. The normalized spacial score (nSPS) is 12.8. The zero-order valence-electron chi connectivity index (χ0n) is 22.5. The minimum absolute atomic E-state index is 0.0449. The fourth-order valence-corrected chi connectivity index (χ4v) is 4.60. The van der Waals surface area contributed by atoms with Crippen molar-refractivity contribution in [3.63, 3.8) is 0 Å². The number of carbonyl (C=O) groups excluding carboxylic acids is 2. The third-order valence-electron chi connectivity index (χ3n) is 6.58. The number of benzene rings is 2. The Kier molecular flexibility index (Phi) is 8.04. The largest absolute Gasteiger partial charge is 0.476 e. The minimum atomic E-state index is -1.23. The van der Waals surface area contributed by atoms with E-state index in [1.165, 1.54) is 12.0 Å². The summed E-state index contributed by atoms with van der Waals surface area (Å²) >= 11 is 0. The Morgan fingerprint density at radius 1 is 1.10 bits per heavy atom. The molecule has 204 valence electrons. The molecule has 0 aliphatic rings. The van der Waals surface area contributed by atoms with Gasteiger partial charge in [0.05, 0.1) is 5.69 Å². The molecule has 0 unspecified atom stereocenters. The number of hydrogen-bond donors (Lipinski definition) is 2. The van der Waals surface area contributed by atoms with Gasteiger partial charge in [0.25, 0.3) is 0 Å². The van der Waals surface area contributed by atoms with Crippen molar-refractivity contribution in [1.29, 1.82) is 0 Å². The zero-order valence-corrected chi connectivity index (χ0v) is 22.5. The number of oxazole rings is 1. The zero-order chi connectivity index (χ0) is 28.3. The molecule has 2 aromatic heterocycles. The predicted molar refractivity (Wildman–Crippen MR) is 145 cm³/mol. The third-order valence-corrected chi connectivity index (χ3v) is 6.58. The van der Waals surface area contributed by atoms with E-state index in [4.69, 9.17) is 9.25 Å². The molecule has 10 heteroatoms. The van der Waals surface area contributed by atoms with Crippen molar-refractivity contribution >= 4 is 34.4 Å². The quantitative estimate of drug-likeness (QED) is 0.227. The Balaban J connectivity index is 1.63. The van der Waals surface area contributed by atoms with Gasteiger partial charge in [-0.3, -0.25) is 4.79 Å². The van der Waals surface area contributed by atoms with Crippen LogP contribution in [0, 0.1) is 18.8 Å². The van der Waals surface area contributed by atoms with Gasteiger partial charge in [0.1, 0.15) is 17.7 Å². The average molecular weight is 533 g/mol. The summed E-state index contributed by atoms with van der Waals surface area (Å²) < 4.78 is 7.69. The molecule has 0 saturated heterocycles. The highest BCUT2D eigenvalue weighted by Gasteiger charge is 2.36. The van der Waals surface area contributed by atoms with Crippen LogP contribution in [0.2, 0.25) is 0 Å². The number of fused-ring (bicyclic) bond motifs is 1. The van der Waals surface area contributed by atoms with Gasteiger partial charge in [-0.1, -0.05) is 50.2 Å². The molecule has 0 aliphatic carbocycles. The second-order valence-electron chi connectivity index (χ2n) is 9.77. The second-order valence-corrected chi connectivity index (χ2v) is 9.77. The van der Waals surface area contributed by atoms with Crippen molar-refractivity contribution < 1.29 is 28.7 Å². The lowest BCUT2D eigenvalue weighted by molar-refractivity contribution is -0.155. The third kappa shape index (κ3) is 5.95. The average Bonchev–Trinajstić information content (AvgIpc) is 3.44. The summed E-state index contributed by atoms with van der Waals surface area (Å²) in [7, 11) is 3.51. The first kappa shape index (κ1) is 27.4. The number of carboxylic acids is 1. The molecule has 2 N–H and O–H groups in total. The summed E-state index contributed by atoms with van der Waals surface area (Å²) in [6.07, 6.45) is 2.20. The van der Waals surface area contributed by atoms with Crippen LogP contribution in [0.5, 0.6) is 0 Å².